The molecule has 10 nitrogen and oxygen atoms in total. The van der Waals surface area contributed by atoms with Gasteiger partial charge in [-0.15, -0.1) is 5.10 Å². The highest BCUT2D eigenvalue weighted by molar-refractivity contribution is 5.87. The van der Waals surface area contributed by atoms with E-state index in [2.05, 4.69) is 27.0 Å². The zero-order valence-corrected chi connectivity index (χ0v) is 21.0. The summed E-state index contributed by atoms with van der Waals surface area (Å²) in [6.07, 6.45) is 6.50. The van der Waals surface area contributed by atoms with E-state index in [0.717, 1.165) is 30.9 Å². The Labute approximate surface area is 217 Å². The Balaban J connectivity index is 1.42. The van der Waals surface area contributed by atoms with Crippen LogP contribution in [-0.2, 0) is 10.4 Å². The number of nitrogens with zero attached hydrogens (tertiary/aromatic N) is 7. The fraction of sp³-hybridized carbons (Fsp3) is 0.346. The van der Waals surface area contributed by atoms with Crippen molar-refractivity contribution in [1.82, 2.24) is 34.5 Å². The van der Waals surface area contributed by atoms with Crippen LogP contribution < -0.4 is 4.74 Å². The first-order chi connectivity index (χ1) is 18.2. The van der Waals surface area contributed by atoms with Crippen molar-refractivity contribution in [1.29, 1.82) is 0 Å². The van der Waals surface area contributed by atoms with Crippen LogP contribution in [0.2, 0.25) is 0 Å². The van der Waals surface area contributed by atoms with Crippen LogP contribution >= 0.6 is 0 Å². The number of aromatic nitrogens is 6. The number of hydrogen-bond donors (Lipinski definition) is 1. The van der Waals surface area contributed by atoms with Crippen LogP contribution in [0.25, 0.3) is 16.8 Å². The molecule has 38 heavy (non-hydrogen) atoms. The minimum Gasteiger partial charge on any atom is -0.488 e. The zero-order valence-electron chi connectivity index (χ0n) is 21.0. The summed E-state index contributed by atoms with van der Waals surface area (Å²) in [5.74, 6) is -1.06. The van der Waals surface area contributed by atoms with Crippen LogP contribution in [0, 0.1) is 18.6 Å². The largest absolute Gasteiger partial charge is 0.488 e. The first kappa shape index (κ1) is 25.5. The molecule has 1 atom stereocenters. The molecule has 1 fully saturated rings. The summed E-state index contributed by atoms with van der Waals surface area (Å²) < 4.78 is 37.0. The first-order valence-electron chi connectivity index (χ1n) is 12.2. The Bertz CT molecular complexity index is 1490. The van der Waals surface area contributed by atoms with Gasteiger partial charge in [0, 0.05) is 24.8 Å². The number of pyridine rings is 2. The van der Waals surface area contributed by atoms with Crippen molar-refractivity contribution >= 4 is 11.4 Å². The normalized spacial score (nSPS) is 16.0. The summed E-state index contributed by atoms with van der Waals surface area (Å²) >= 11 is 0. The lowest BCUT2D eigenvalue weighted by Gasteiger charge is -2.31. The molecular formula is C26H27F2N7O3. The summed E-state index contributed by atoms with van der Waals surface area (Å²) in [4.78, 5) is 17.6. The monoisotopic (exact) mass is 523 g/mol. The molecule has 198 valence electrons. The maximum atomic E-state index is 14.6. The molecule has 0 aromatic carbocycles. The predicted molar refractivity (Wildman–Crippen MR) is 133 cm³/mol. The summed E-state index contributed by atoms with van der Waals surface area (Å²) in [7, 11) is 0. The molecule has 1 amide bonds. The fourth-order valence-electron chi connectivity index (χ4n) is 4.69. The molecule has 5 rings (SSSR count). The highest BCUT2D eigenvalue weighted by Crippen LogP contribution is 2.33. The van der Waals surface area contributed by atoms with Gasteiger partial charge in [0.2, 0.25) is 5.91 Å². The number of piperidine rings is 1. The SMILES string of the molecule is C=CC(=O)N1CCC(n2nnc(-c3cc(OC[C@@](C)(O)c4ccc(F)cn4)c4c(F)cnn4c3)c2C)CC1. The van der Waals surface area contributed by atoms with E-state index in [1.165, 1.54) is 29.6 Å². The van der Waals surface area contributed by atoms with Crippen molar-refractivity contribution in [3.05, 3.63) is 72.5 Å². The van der Waals surface area contributed by atoms with Gasteiger partial charge in [-0.2, -0.15) is 5.10 Å². The van der Waals surface area contributed by atoms with Crippen molar-refractivity contribution < 1.29 is 23.4 Å². The van der Waals surface area contributed by atoms with E-state index in [9.17, 15) is 18.7 Å². The number of amides is 1. The van der Waals surface area contributed by atoms with Gasteiger partial charge >= 0.3 is 0 Å². The van der Waals surface area contributed by atoms with E-state index in [1.807, 2.05) is 11.6 Å². The number of ether oxygens (including phenoxy) is 1. The second-order valence-electron chi connectivity index (χ2n) is 9.53. The Hall–Kier alpha value is -4.19. The predicted octanol–water partition coefficient (Wildman–Crippen LogP) is 3.21. The molecule has 1 aliphatic heterocycles. The number of fused-ring (bicyclic) bond motifs is 1. The second-order valence-corrected chi connectivity index (χ2v) is 9.53. The van der Waals surface area contributed by atoms with Crippen molar-refractivity contribution in [2.75, 3.05) is 19.7 Å². The molecule has 1 aliphatic rings. The maximum absolute atomic E-state index is 14.6. The summed E-state index contributed by atoms with van der Waals surface area (Å²) in [6, 6.07) is 4.26. The van der Waals surface area contributed by atoms with Crippen molar-refractivity contribution in [3.8, 4) is 17.0 Å². The number of aliphatic hydroxyl groups is 1. The fourth-order valence-corrected chi connectivity index (χ4v) is 4.69. The third kappa shape index (κ3) is 4.74. The van der Waals surface area contributed by atoms with Gasteiger partial charge in [0.1, 0.15) is 35.0 Å². The van der Waals surface area contributed by atoms with Crippen molar-refractivity contribution in [2.24, 2.45) is 0 Å². The van der Waals surface area contributed by atoms with Gasteiger partial charge in [-0.1, -0.05) is 11.8 Å². The van der Waals surface area contributed by atoms with E-state index in [1.54, 1.807) is 17.2 Å². The van der Waals surface area contributed by atoms with Gasteiger partial charge < -0.3 is 14.7 Å². The van der Waals surface area contributed by atoms with E-state index < -0.39 is 17.2 Å². The number of carbonyl (C=O) groups is 1. The van der Waals surface area contributed by atoms with E-state index in [-0.39, 0.29) is 35.5 Å². The second kappa shape index (κ2) is 9.93. The van der Waals surface area contributed by atoms with Crippen molar-refractivity contribution in [2.45, 2.75) is 38.3 Å². The van der Waals surface area contributed by atoms with Gasteiger partial charge in [-0.3, -0.25) is 9.78 Å². The molecule has 4 aromatic heterocycles. The molecule has 1 N–H and O–H groups in total. The minimum atomic E-state index is -1.57. The van der Waals surface area contributed by atoms with Gasteiger partial charge in [0.05, 0.1) is 29.8 Å². The molecule has 5 heterocycles. The standard InChI is InChI=1S/C26H27F2N7O3/c1-4-23(36)33-9-7-19(8-10-33)35-16(2)24(31-32-35)17-11-21(25-20(28)13-30-34(25)14-17)38-15-26(3,37)22-6-5-18(27)12-29-22/h4-6,11-14,19,37H,1,7-10,15H2,2-3H3/t26-/m1/s1. The average molecular weight is 524 g/mol. The summed E-state index contributed by atoms with van der Waals surface area (Å²) in [5.41, 5.74) is 0.708. The van der Waals surface area contributed by atoms with Crippen LogP contribution in [0.15, 0.2) is 49.4 Å². The molecule has 4 aromatic rings. The molecule has 1 saturated heterocycles. The highest BCUT2D eigenvalue weighted by atomic mass is 19.1. The van der Waals surface area contributed by atoms with E-state index in [4.69, 9.17) is 4.74 Å². The first-order valence-corrected chi connectivity index (χ1v) is 12.2. The minimum absolute atomic E-state index is 0.0741. The Kier molecular flexibility index (Phi) is 6.66. The Morgan fingerprint density at radius 1 is 1.29 bits per heavy atom. The third-order valence-corrected chi connectivity index (χ3v) is 6.82. The van der Waals surface area contributed by atoms with Gasteiger partial charge in [-0.05, 0) is 51.0 Å². The number of halogens is 2. The molecule has 0 bridgehead atoms. The molecule has 0 saturated carbocycles. The zero-order chi connectivity index (χ0) is 27.0. The third-order valence-electron chi connectivity index (χ3n) is 6.82. The summed E-state index contributed by atoms with van der Waals surface area (Å²) in [5, 5.41) is 23.7. The lowest BCUT2D eigenvalue weighted by atomic mass is 10.0. The number of rotatable bonds is 7. The van der Waals surface area contributed by atoms with Crippen LogP contribution in [0.5, 0.6) is 5.75 Å². The number of likely N-dealkylation sites (tertiary alicyclic amines) is 1. The maximum Gasteiger partial charge on any atom is 0.245 e. The van der Waals surface area contributed by atoms with Crippen LogP contribution in [0.1, 0.15) is 37.2 Å². The quantitative estimate of drug-likeness (QED) is 0.371. The smallest absolute Gasteiger partial charge is 0.245 e. The summed E-state index contributed by atoms with van der Waals surface area (Å²) in [6.45, 7) is 7.85. The molecular weight excluding hydrogens is 496 g/mol. The molecule has 0 unspecified atom stereocenters. The van der Waals surface area contributed by atoms with E-state index in [0.29, 0.717) is 24.3 Å². The Morgan fingerprint density at radius 2 is 2.05 bits per heavy atom. The number of hydrogen-bond acceptors (Lipinski definition) is 7. The Morgan fingerprint density at radius 3 is 2.74 bits per heavy atom. The van der Waals surface area contributed by atoms with Crippen LogP contribution in [-0.4, -0.2) is 65.2 Å². The topological polar surface area (TPSA) is 111 Å². The highest BCUT2D eigenvalue weighted by Gasteiger charge is 2.28. The molecule has 0 radical (unpaired) electrons. The van der Waals surface area contributed by atoms with Gasteiger partial charge in [-0.25, -0.2) is 18.0 Å². The van der Waals surface area contributed by atoms with Gasteiger partial charge in [0.15, 0.2) is 5.82 Å². The van der Waals surface area contributed by atoms with Crippen molar-refractivity contribution in [3.63, 3.8) is 0 Å². The lowest BCUT2D eigenvalue weighted by Crippen LogP contribution is -2.38. The van der Waals surface area contributed by atoms with Crippen LogP contribution in [0.3, 0.4) is 0 Å². The molecule has 0 spiro atoms. The van der Waals surface area contributed by atoms with E-state index >= 15 is 0 Å². The molecule has 0 aliphatic carbocycles. The van der Waals surface area contributed by atoms with Crippen LogP contribution in [0.4, 0.5) is 8.78 Å². The van der Waals surface area contributed by atoms with Gasteiger partial charge in [0.25, 0.3) is 0 Å². The number of carbonyl (C=O) groups excluding carboxylic acids is 1. The molecule has 12 heteroatoms. The average Bonchev–Trinajstić information content (AvgIpc) is 3.49. The lowest BCUT2D eigenvalue weighted by molar-refractivity contribution is -0.127.